The number of nitrogens with zero attached hydrogens (tertiary/aromatic N) is 2. The van der Waals surface area contributed by atoms with Crippen LogP contribution >= 0.6 is 0 Å². The smallest absolute Gasteiger partial charge is 0.309 e. The number of hydrogen-bond donors (Lipinski definition) is 2. The number of carbonyl (C=O) groups is 2. The highest BCUT2D eigenvalue weighted by atomic mass is 19.1. The molecule has 0 aromatic heterocycles. The van der Waals surface area contributed by atoms with Gasteiger partial charge in [-0.2, -0.15) is 0 Å². The number of amides is 2. The molecule has 1 heterocycles. The van der Waals surface area contributed by atoms with Crippen molar-refractivity contribution in [2.24, 2.45) is 0 Å². The van der Waals surface area contributed by atoms with Crippen molar-refractivity contribution in [2.75, 3.05) is 39.8 Å². The molecule has 1 saturated heterocycles. The molecule has 0 radical (unpaired) electrons. The topological polar surface area (TPSA) is 64.7 Å². The number of rotatable bonds is 6. The van der Waals surface area contributed by atoms with Crippen LogP contribution in [0.2, 0.25) is 0 Å². The molecule has 2 aromatic rings. The summed E-state index contributed by atoms with van der Waals surface area (Å²) in [4.78, 5) is 29.3. The van der Waals surface area contributed by atoms with Crippen LogP contribution in [0, 0.1) is 5.82 Å². The van der Waals surface area contributed by atoms with E-state index in [2.05, 4.69) is 27.5 Å². The largest absolute Gasteiger partial charge is 0.346 e. The lowest BCUT2D eigenvalue weighted by Crippen LogP contribution is -2.49. The molecule has 6 nitrogen and oxygen atoms in total. The van der Waals surface area contributed by atoms with Crippen molar-refractivity contribution in [1.82, 2.24) is 20.4 Å². The van der Waals surface area contributed by atoms with Gasteiger partial charge in [0.1, 0.15) is 5.82 Å². The van der Waals surface area contributed by atoms with E-state index in [1.807, 2.05) is 37.3 Å². The Labute approximate surface area is 177 Å². The van der Waals surface area contributed by atoms with E-state index >= 15 is 0 Å². The van der Waals surface area contributed by atoms with E-state index in [1.54, 1.807) is 12.1 Å². The van der Waals surface area contributed by atoms with Gasteiger partial charge in [-0.3, -0.25) is 14.5 Å². The van der Waals surface area contributed by atoms with Gasteiger partial charge in [0, 0.05) is 32.7 Å². The van der Waals surface area contributed by atoms with E-state index in [4.69, 9.17) is 0 Å². The number of hydrogen-bond acceptors (Lipinski definition) is 4. The third-order valence-corrected chi connectivity index (χ3v) is 5.54. The van der Waals surface area contributed by atoms with Crippen LogP contribution in [-0.2, 0) is 9.59 Å². The number of nitrogens with one attached hydrogen (secondary N) is 2. The van der Waals surface area contributed by atoms with Gasteiger partial charge in [0.2, 0.25) is 0 Å². The average Bonchev–Trinajstić information content (AvgIpc) is 2.76. The van der Waals surface area contributed by atoms with E-state index in [1.165, 1.54) is 12.1 Å². The number of halogens is 1. The molecule has 7 heteroatoms. The Morgan fingerprint density at radius 2 is 1.57 bits per heavy atom. The highest BCUT2D eigenvalue weighted by Gasteiger charge is 2.26. The van der Waals surface area contributed by atoms with E-state index in [0.29, 0.717) is 0 Å². The molecule has 0 aliphatic carbocycles. The molecule has 1 fully saturated rings. The molecule has 0 saturated carbocycles. The van der Waals surface area contributed by atoms with Crippen molar-refractivity contribution < 1.29 is 14.0 Å². The predicted molar refractivity (Wildman–Crippen MR) is 114 cm³/mol. The van der Waals surface area contributed by atoms with E-state index in [-0.39, 0.29) is 24.4 Å². The van der Waals surface area contributed by atoms with Crippen molar-refractivity contribution in [1.29, 1.82) is 0 Å². The fourth-order valence-electron chi connectivity index (χ4n) is 3.63. The zero-order valence-electron chi connectivity index (χ0n) is 17.5. The molecular weight excluding hydrogens is 383 g/mol. The molecular formula is C23H29FN4O2. The van der Waals surface area contributed by atoms with Gasteiger partial charge < -0.3 is 15.5 Å². The molecule has 1 aliphatic heterocycles. The summed E-state index contributed by atoms with van der Waals surface area (Å²) in [6.45, 7) is 5.63. The molecule has 2 atom stereocenters. The van der Waals surface area contributed by atoms with Gasteiger partial charge in [-0.05, 0) is 37.2 Å². The highest BCUT2D eigenvalue weighted by molar-refractivity contribution is 6.35. The second-order valence-corrected chi connectivity index (χ2v) is 7.72. The maximum Gasteiger partial charge on any atom is 0.309 e. The third kappa shape index (κ3) is 5.87. The Bertz CT molecular complexity index is 836. The van der Waals surface area contributed by atoms with Crippen LogP contribution < -0.4 is 10.6 Å². The molecule has 2 amide bonds. The zero-order valence-corrected chi connectivity index (χ0v) is 17.5. The number of benzene rings is 2. The predicted octanol–water partition coefficient (Wildman–Crippen LogP) is 2.11. The summed E-state index contributed by atoms with van der Waals surface area (Å²) >= 11 is 0. The van der Waals surface area contributed by atoms with Gasteiger partial charge in [-0.25, -0.2) is 4.39 Å². The fraction of sp³-hybridized carbons (Fsp3) is 0.391. The molecule has 30 heavy (non-hydrogen) atoms. The van der Waals surface area contributed by atoms with Crippen LogP contribution in [-0.4, -0.2) is 61.4 Å². The van der Waals surface area contributed by atoms with Gasteiger partial charge >= 0.3 is 11.8 Å². The van der Waals surface area contributed by atoms with Crippen LogP contribution in [0.5, 0.6) is 0 Å². The molecule has 3 rings (SSSR count). The zero-order chi connectivity index (χ0) is 21.5. The summed E-state index contributed by atoms with van der Waals surface area (Å²) in [6.07, 6.45) is 0. The lowest BCUT2D eigenvalue weighted by Gasteiger charge is -2.38. The molecule has 2 aromatic carbocycles. The lowest BCUT2D eigenvalue weighted by molar-refractivity contribution is -0.139. The summed E-state index contributed by atoms with van der Waals surface area (Å²) in [5, 5.41) is 5.49. The monoisotopic (exact) mass is 412 g/mol. The molecule has 0 unspecified atom stereocenters. The quantitative estimate of drug-likeness (QED) is 0.714. The van der Waals surface area contributed by atoms with Crippen molar-refractivity contribution in [3.63, 3.8) is 0 Å². The maximum absolute atomic E-state index is 13.4. The molecule has 2 N–H and O–H groups in total. The first-order valence-electron chi connectivity index (χ1n) is 10.3. The molecule has 1 aliphatic rings. The first kappa shape index (κ1) is 21.9. The van der Waals surface area contributed by atoms with Crippen LogP contribution in [0.4, 0.5) is 4.39 Å². The van der Waals surface area contributed by atoms with Crippen LogP contribution in [0.25, 0.3) is 0 Å². The molecule has 160 valence electrons. The first-order chi connectivity index (χ1) is 14.4. The maximum atomic E-state index is 13.4. The summed E-state index contributed by atoms with van der Waals surface area (Å²) in [7, 11) is 2.07. The summed E-state index contributed by atoms with van der Waals surface area (Å²) < 4.78 is 13.4. The average molecular weight is 413 g/mol. The Morgan fingerprint density at radius 1 is 0.933 bits per heavy atom. The Kier molecular flexibility index (Phi) is 7.54. The van der Waals surface area contributed by atoms with Gasteiger partial charge in [-0.15, -0.1) is 0 Å². The van der Waals surface area contributed by atoms with Crippen molar-refractivity contribution in [3.8, 4) is 0 Å². The number of carbonyl (C=O) groups excluding carboxylic acids is 2. The SMILES string of the molecule is C[C@@H](NC(=O)C(=O)NC[C@@H](c1ccc(F)cc1)N1CCN(C)CC1)c1ccccc1. The van der Waals surface area contributed by atoms with Gasteiger partial charge in [0.05, 0.1) is 12.1 Å². The summed E-state index contributed by atoms with van der Waals surface area (Å²) in [6, 6.07) is 15.4. The Morgan fingerprint density at radius 3 is 2.20 bits per heavy atom. The van der Waals surface area contributed by atoms with E-state index in [9.17, 15) is 14.0 Å². The van der Waals surface area contributed by atoms with Crippen molar-refractivity contribution in [2.45, 2.75) is 19.0 Å². The highest BCUT2D eigenvalue weighted by Crippen LogP contribution is 2.22. The Balaban J connectivity index is 1.62. The summed E-state index contributed by atoms with van der Waals surface area (Å²) in [5.74, 6) is -1.63. The van der Waals surface area contributed by atoms with E-state index in [0.717, 1.165) is 37.3 Å². The van der Waals surface area contributed by atoms with Crippen LogP contribution in [0.15, 0.2) is 54.6 Å². The molecule has 0 bridgehead atoms. The lowest BCUT2D eigenvalue weighted by atomic mass is 10.0. The summed E-state index contributed by atoms with van der Waals surface area (Å²) in [5.41, 5.74) is 1.85. The fourth-order valence-corrected chi connectivity index (χ4v) is 3.63. The van der Waals surface area contributed by atoms with Gasteiger partial charge in [0.25, 0.3) is 0 Å². The Hall–Kier alpha value is -2.77. The second-order valence-electron chi connectivity index (χ2n) is 7.72. The number of likely N-dealkylation sites (N-methyl/N-ethyl adjacent to an activating group) is 1. The standard InChI is InChI=1S/C23H29FN4O2/c1-17(18-6-4-3-5-7-18)26-23(30)22(29)25-16-21(19-8-10-20(24)11-9-19)28-14-12-27(2)13-15-28/h3-11,17,21H,12-16H2,1-2H3,(H,25,29)(H,26,30)/t17-,21+/m1/s1. The third-order valence-electron chi connectivity index (χ3n) is 5.54. The number of piperazine rings is 1. The normalized spacial score (nSPS) is 17.2. The van der Waals surface area contributed by atoms with E-state index < -0.39 is 11.8 Å². The molecule has 0 spiro atoms. The second kappa shape index (κ2) is 10.3. The first-order valence-corrected chi connectivity index (χ1v) is 10.3. The minimum Gasteiger partial charge on any atom is -0.346 e. The minimum atomic E-state index is -0.668. The van der Waals surface area contributed by atoms with Crippen molar-refractivity contribution in [3.05, 3.63) is 71.5 Å². The van der Waals surface area contributed by atoms with Gasteiger partial charge in [0.15, 0.2) is 0 Å². The van der Waals surface area contributed by atoms with Crippen LogP contribution in [0.3, 0.4) is 0 Å². The van der Waals surface area contributed by atoms with Crippen molar-refractivity contribution >= 4 is 11.8 Å². The van der Waals surface area contributed by atoms with Gasteiger partial charge in [-0.1, -0.05) is 42.5 Å². The minimum absolute atomic E-state index is 0.123. The van der Waals surface area contributed by atoms with Crippen LogP contribution in [0.1, 0.15) is 30.1 Å².